The number of nitrogens with zero attached hydrogens (tertiary/aromatic N) is 2. The summed E-state index contributed by atoms with van der Waals surface area (Å²) in [4.78, 5) is 18.1. The van der Waals surface area contributed by atoms with Crippen molar-refractivity contribution in [2.75, 3.05) is 4.90 Å². The quantitative estimate of drug-likeness (QED) is 0.310. The summed E-state index contributed by atoms with van der Waals surface area (Å²) in [6, 6.07) is 24.2. The number of rotatable bonds is 6. The summed E-state index contributed by atoms with van der Waals surface area (Å²) in [5.41, 5.74) is 3.98. The first-order valence-electron chi connectivity index (χ1n) is 11.5. The summed E-state index contributed by atoms with van der Waals surface area (Å²) in [6.07, 6.45) is 1.77. The molecule has 2 aromatic carbocycles. The van der Waals surface area contributed by atoms with Gasteiger partial charge in [-0.05, 0) is 72.2 Å². The number of aromatic carboxylic acids is 1. The topological polar surface area (TPSA) is 78.6 Å². The number of anilines is 1. The van der Waals surface area contributed by atoms with Crippen molar-refractivity contribution < 1.29 is 14.3 Å². The first kappa shape index (κ1) is 22.8. The van der Waals surface area contributed by atoms with Gasteiger partial charge in [0.05, 0.1) is 17.3 Å². The van der Waals surface area contributed by atoms with Crippen LogP contribution in [0.4, 0.5) is 5.69 Å². The molecule has 0 radical (unpaired) electrons. The minimum atomic E-state index is -0.977. The summed E-state index contributed by atoms with van der Waals surface area (Å²) in [5, 5.41) is 13.4. The maximum atomic E-state index is 11.4. The van der Waals surface area contributed by atoms with Gasteiger partial charge in [0.1, 0.15) is 17.6 Å². The van der Waals surface area contributed by atoms with Crippen LogP contribution in [0.15, 0.2) is 89.5 Å². The Morgan fingerprint density at radius 1 is 1.06 bits per heavy atom. The molecule has 6 nitrogen and oxygen atoms in total. The molecular formula is C28H25N3O3S. The van der Waals surface area contributed by atoms with E-state index in [1.54, 1.807) is 24.4 Å². The second-order valence-electron chi connectivity index (χ2n) is 8.83. The third-order valence-corrected chi connectivity index (χ3v) is 6.56. The summed E-state index contributed by atoms with van der Waals surface area (Å²) in [7, 11) is 0. The Kier molecular flexibility index (Phi) is 6.09. The average molecular weight is 484 g/mol. The fraction of sp³-hybridized carbons (Fsp3) is 0.179. The van der Waals surface area contributed by atoms with Crippen LogP contribution in [0.2, 0.25) is 0 Å². The highest BCUT2D eigenvalue weighted by Gasteiger charge is 2.42. The van der Waals surface area contributed by atoms with Gasteiger partial charge in [-0.25, -0.2) is 4.79 Å². The molecule has 5 rings (SSSR count). The minimum Gasteiger partial charge on any atom is -0.478 e. The van der Waals surface area contributed by atoms with Crippen molar-refractivity contribution >= 4 is 29.0 Å². The number of benzene rings is 2. The number of nitrogens with one attached hydrogen (secondary N) is 1. The number of thiocarbonyl (C=S) groups is 1. The lowest BCUT2D eigenvalue weighted by molar-refractivity contribution is 0.0697. The molecule has 0 aliphatic carbocycles. The molecule has 0 spiro atoms. The molecule has 1 aliphatic rings. The van der Waals surface area contributed by atoms with Crippen molar-refractivity contribution in [1.82, 2.24) is 10.3 Å². The molecule has 1 saturated heterocycles. The van der Waals surface area contributed by atoms with E-state index in [9.17, 15) is 9.90 Å². The molecule has 4 aromatic rings. The Labute approximate surface area is 209 Å². The first-order chi connectivity index (χ1) is 16.9. The highest BCUT2D eigenvalue weighted by Crippen LogP contribution is 2.43. The predicted octanol–water partition coefficient (Wildman–Crippen LogP) is 6.34. The smallest absolute Gasteiger partial charge is 0.335 e. The maximum Gasteiger partial charge on any atom is 0.335 e. The minimum absolute atomic E-state index is 0.211. The van der Waals surface area contributed by atoms with Gasteiger partial charge in [-0.3, -0.25) is 4.98 Å². The number of hydrogen-bond acceptors (Lipinski definition) is 4. The number of furan rings is 1. The Hall–Kier alpha value is -3.97. The van der Waals surface area contributed by atoms with E-state index in [1.165, 1.54) is 5.56 Å². The van der Waals surface area contributed by atoms with Crippen molar-refractivity contribution in [3.63, 3.8) is 0 Å². The molecule has 3 heterocycles. The first-order valence-corrected chi connectivity index (χ1v) is 11.9. The van der Waals surface area contributed by atoms with Gasteiger partial charge in [0.15, 0.2) is 5.11 Å². The number of aromatic nitrogens is 1. The zero-order valence-corrected chi connectivity index (χ0v) is 20.2. The summed E-state index contributed by atoms with van der Waals surface area (Å²) in [6.45, 7) is 4.33. The van der Waals surface area contributed by atoms with Gasteiger partial charge >= 0.3 is 5.97 Å². The van der Waals surface area contributed by atoms with Crippen molar-refractivity contribution in [3.8, 4) is 11.3 Å². The summed E-state index contributed by atoms with van der Waals surface area (Å²) < 4.78 is 6.34. The number of carboxylic acids is 1. The van der Waals surface area contributed by atoms with Crippen LogP contribution in [0.3, 0.4) is 0 Å². The molecule has 176 valence electrons. The standard InChI is InChI=1S/C28H25N3O3S/c1-17(2)18-9-11-21(12-10-18)31-26(25(30-28(31)35)22-8-3-4-15-29-22)24-14-13-23(34-24)19-6-5-7-20(16-19)27(32)33/h3-17,25-26H,1-2H3,(H,30,35)(H,32,33). The Morgan fingerprint density at radius 2 is 1.86 bits per heavy atom. The molecule has 7 heteroatoms. The third-order valence-electron chi connectivity index (χ3n) is 6.25. The van der Waals surface area contributed by atoms with Gasteiger partial charge in [-0.15, -0.1) is 0 Å². The third kappa shape index (κ3) is 4.42. The average Bonchev–Trinajstić information content (AvgIpc) is 3.49. The largest absolute Gasteiger partial charge is 0.478 e. The molecular weight excluding hydrogens is 458 g/mol. The van der Waals surface area contributed by atoms with Gasteiger partial charge in [0, 0.05) is 17.4 Å². The van der Waals surface area contributed by atoms with Crippen LogP contribution in [0.5, 0.6) is 0 Å². The van der Waals surface area contributed by atoms with Crippen LogP contribution >= 0.6 is 12.2 Å². The molecule has 0 bridgehead atoms. The molecule has 0 saturated carbocycles. The van der Waals surface area contributed by atoms with Gasteiger partial charge < -0.3 is 19.7 Å². The van der Waals surface area contributed by atoms with E-state index in [4.69, 9.17) is 16.6 Å². The van der Waals surface area contributed by atoms with Crippen LogP contribution in [0.1, 0.15) is 59.2 Å². The van der Waals surface area contributed by atoms with E-state index in [1.807, 2.05) is 36.4 Å². The van der Waals surface area contributed by atoms with E-state index in [0.29, 0.717) is 28.1 Å². The number of hydrogen-bond donors (Lipinski definition) is 2. The van der Waals surface area contributed by atoms with Crippen LogP contribution in [0.25, 0.3) is 11.3 Å². The normalized spacial score (nSPS) is 17.6. The molecule has 2 aromatic heterocycles. The Bertz CT molecular complexity index is 1370. The Morgan fingerprint density at radius 3 is 2.54 bits per heavy atom. The van der Waals surface area contributed by atoms with Crippen molar-refractivity contribution in [1.29, 1.82) is 0 Å². The van der Waals surface area contributed by atoms with Crippen LogP contribution in [0, 0.1) is 0 Å². The molecule has 2 atom stereocenters. The molecule has 1 aliphatic heterocycles. The monoisotopic (exact) mass is 483 g/mol. The fourth-order valence-corrected chi connectivity index (χ4v) is 4.76. The zero-order valence-electron chi connectivity index (χ0n) is 19.4. The molecule has 35 heavy (non-hydrogen) atoms. The highest BCUT2D eigenvalue weighted by molar-refractivity contribution is 7.80. The van der Waals surface area contributed by atoms with Crippen LogP contribution in [-0.2, 0) is 0 Å². The van der Waals surface area contributed by atoms with Crippen LogP contribution in [-0.4, -0.2) is 21.2 Å². The van der Waals surface area contributed by atoms with Gasteiger partial charge in [-0.2, -0.15) is 0 Å². The van der Waals surface area contributed by atoms with Crippen molar-refractivity contribution in [2.24, 2.45) is 0 Å². The second kappa shape index (κ2) is 9.35. The van der Waals surface area contributed by atoms with E-state index in [0.717, 1.165) is 11.4 Å². The number of carbonyl (C=O) groups is 1. The zero-order chi connectivity index (χ0) is 24.5. The van der Waals surface area contributed by atoms with E-state index in [2.05, 4.69) is 53.3 Å². The molecule has 1 fully saturated rings. The lowest BCUT2D eigenvalue weighted by Crippen LogP contribution is -2.29. The van der Waals surface area contributed by atoms with E-state index >= 15 is 0 Å². The number of carboxylic acid groups (broad SMARTS) is 1. The predicted molar refractivity (Wildman–Crippen MR) is 140 cm³/mol. The number of pyridine rings is 1. The van der Waals surface area contributed by atoms with Crippen LogP contribution < -0.4 is 10.2 Å². The van der Waals surface area contributed by atoms with E-state index in [-0.39, 0.29) is 17.6 Å². The summed E-state index contributed by atoms with van der Waals surface area (Å²) in [5.74, 6) is 0.752. The van der Waals surface area contributed by atoms with Gasteiger partial charge in [0.25, 0.3) is 0 Å². The maximum absolute atomic E-state index is 11.4. The SMILES string of the molecule is CC(C)c1ccc(N2C(=S)NC(c3ccccn3)C2c2ccc(-c3cccc(C(=O)O)c3)o2)cc1. The van der Waals surface area contributed by atoms with Gasteiger partial charge in [0.2, 0.25) is 0 Å². The highest BCUT2D eigenvalue weighted by atomic mass is 32.1. The lowest BCUT2D eigenvalue weighted by Gasteiger charge is -2.26. The van der Waals surface area contributed by atoms with Gasteiger partial charge in [-0.1, -0.05) is 44.2 Å². The summed E-state index contributed by atoms with van der Waals surface area (Å²) >= 11 is 5.79. The molecule has 2 N–H and O–H groups in total. The lowest BCUT2D eigenvalue weighted by atomic mass is 10.0. The Balaban J connectivity index is 1.57. The van der Waals surface area contributed by atoms with E-state index < -0.39 is 5.97 Å². The molecule has 0 amide bonds. The fourth-order valence-electron chi connectivity index (χ4n) is 4.41. The molecule has 2 unspecified atom stereocenters. The van der Waals surface area contributed by atoms with Crippen molar-refractivity contribution in [3.05, 3.63) is 108 Å². The second-order valence-corrected chi connectivity index (χ2v) is 9.22. The van der Waals surface area contributed by atoms with Crippen molar-refractivity contribution in [2.45, 2.75) is 31.8 Å².